The summed E-state index contributed by atoms with van der Waals surface area (Å²) in [5.74, 6) is -0.599. The molecule has 1 aliphatic heterocycles. The van der Waals surface area contributed by atoms with E-state index in [1.54, 1.807) is 0 Å². The molecule has 0 aromatic heterocycles. The van der Waals surface area contributed by atoms with Crippen molar-refractivity contribution >= 4 is 29.3 Å². The Bertz CT molecular complexity index is 493. The number of rotatable bonds is 3. The second kappa shape index (κ2) is 5.39. The number of amides is 2. The van der Waals surface area contributed by atoms with Crippen LogP contribution in [-0.2, 0) is 9.59 Å². The number of hydrogen-bond acceptors (Lipinski definition) is 4. The molecule has 96 valence electrons. The lowest BCUT2D eigenvalue weighted by Gasteiger charge is -2.13. The van der Waals surface area contributed by atoms with E-state index in [1.807, 2.05) is 0 Å². The van der Waals surface area contributed by atoms with Crippen molar-refractivity contribution < 1.29 is 14.0 Å². The fraction of sp³-hybridized carbons (Fsp3) is 0.333. The van der Waals surface area contributed by atoms with Crippen molar-refractivity contribution in [1.29, 1.82) is 0 Å². The molecule has 0 bridgehead atoms. The Morgan fingerprint density at radius 1 is 1.50 bits per heavy atom. The van der Waals surface area contributed by atoms with Gasteiger partial charge in [0.2, 0.25) is 11.8 Å². The van der Waals surface area contributed by atoms with Gasteiger partial charge in [-0.05, 0) is 24.6 Å². The molecule has 1 aromatic rings. The van der Waals surface area contributed by atoms with Gasteiger partial charge >= 0.3 is 0 Å². The Hall–Kier alpha value is -1.56. The molecule has 1 aliphatic rings. The van der Waals surface area contributed by atoms with Crippen LogP contribution in [0.1, 0.15) is 12.8 Å². The highest BCUT2D eigenvalue weighted by atomic mass is 32.2. The maximum Gasteiger partial charge on any atom is 0.239 e. The van der Waals surface area contributed by atoms with E-state index in [9.17, 15) is 14.0 Å². The quantitative estimate of drug-likeness (QED) is 0.669. The highest BCUT2D eigenvalue weighted by Crippen LogP contribution is 2.26. The maximum atomic E-state index is 12.8. The number of thioether (sulfide) groups is 1. The maximum absolute atomic E-state index is 12.8. The lowest BCUT2D eigenvalue weighted by molar-refractivity contribution is -0.140. The number of halogens is 1. The molecule has 0 unspecified atom stereocenters. The summed E-state index contributed by atoms with van der Waals surface area (Å²) in [6.45, 7) is 0.497. The highest BCUT2D eigenvalue weighted by Gasteiger charge is 2.26. The Kier molecular flexibility index (Phi) is 3.86. The molecule has 2 N–H and O–H groups in total. The van der Waals surface area contributed by atoms with Gasteiger partial charge in [0.05, 0.1) is 5.75 Å². The van der Waals surface area contributed by atoms with Gasteiger partial charge < -0.3 is 5.73 Å². The topological polar surface area (TPSA) is 63.4 Å². The number of nitrogen functional groups attached to an aromatic ring is 1. The zero-order valence-electron chi connectivity index (χ0n) is 9.69. The number of carbonyl (C=O) groups excluding carboxylic acids is 2. The molecule has 1 aromatic carbocycles. The van der Waals surface area contributed by atoms with Crippen LogP contribution in [0.2, 0.25) is 0 Å². The number of nitrogens with zero attached hydrogens (tertiary/aromatic N) is 1. The normalized spacial score (nSPS) is 15.2. The van der Waals surface area contributed by atoms with Crippen LogP contribution in [0.3, 0.4) is 0 Å². The molecular formula is C12H13FN2O2S. The lowest BCUT2D eigenvalue weighted by Crippen LogP contribution is -2.33. The first kappa shape index (κ1) is 12.9. The number of imide groups is 1. The van der Waals surface area contributed by atoms with Gasteiger partial charge in [-0.3, -0.25) is 14.5 Å². The van der Waals surface area contributed by atoms with Crippen molar-refractivity contribution in [1.82, 2.24) is 4.90 Å². The van der Waals surface area contributed by atoms with Gasteiger partial charge in [-0.15, -0.1) is 11.8 Å². The van der Waals surface area contributed by atoms with Gasteiger partial charge in [0.25, 0.3) is 0 Å². The molecule has 0 atom stereocenters. The lowest BCUT2D eigenvalue weighted by atomic mass is 10.3. The molecule has 6 heteroatoms. The smallest absolute Gasteiger partial charge is 0.239 e. The monoisotopic (exact) mass is 268 g/mol. The summed E-state index contributed by atoms with van der Waals surface area (Å²) in [5.41, 5.74) is 5.94. The molecule has 2 rings (SSSR count). The highest BCUT2D eigenvalue weighted by molar-refractivity contribution is 8.00. The Morgan fingerprint density at radius 3 is 2.89 bits per heavy atom. The van der Waals surface area contributed by atoms with Crippen LogP contribution in [0.15, 0.2) is 23.1 Å². The summed E-state index contributed by atoms with van der Waals surface area (Å²) < 4.78 is 12.8. The van der Waals surface area contributed by atoms with Crippen molar-refractivity contribution in [3.8, 4) is 0 Å². The zero-order valence-corrected chi connectivity index (χ0v) is 10.5. The summed E-state index contributed by atoms with van der Waals surface area (Å²) in [6.07, 6.45) is 1.17. The Morgan fingerprint density at radius 2 is 2.28 bits per heavy atom. The second-order valence-corrected chi connectivity index (χ2v) is 5.03. The number of benzene rings is 1. The molecule has 4 nitrogen and oxygen atoms in total. The summed E-state index contributed by atoms with van der Waals surface area (Å²) in [6, 6.07) is 4.05. The van der Waals surface area contributed by atoms with Crippen molar-refractivity contribution in [3.63, 3.8) is 0 Å². The third kappa shape index (κ3) is 2.81. The zero-order chi connectivity index (χ0) is 13.1. The van der Waals surface area contributed by atoms with Crippen LogP contribution in [-0.4, -0.2) is 29.0 Å². The van der Waals surface area contributed by atoms with Crippen LogP contribution in [0.5, 0.6) is 0 Å². The summed E-state index contributed by atoms with van der Waals surface area (Å²) in [5, 5.41) is 0. The standard InChI is InChI=1S/C12H13FN2O2S/c13-8-3-4-10(9(14)6-8)18-7-12(17)15-5-1-2-11(15)16/h3-4,6H,1-2,5,7,14H2. The third-order valence-electron chi connectivity index (χ3n) is 2.70. The molecule has 0 aliphatic carbocycles. The molecule has 0 spiro atoms. The van der Waals surface area contributed by atoms with Gasteiger partial charge in [0.15, 0.2) is 0 Å². The Labute approximate surface area is 108 Å². The molecule has 1 fully saturated rings. The van der Waals surface area contributed by atoms with E-state index in [-0.39, 0.29) is 17.6 Å². The minimum absolute atomic E-state index is 0.118. The summed E-state index contributed by atoms with van der Waals surface area (Å²) in [7, 11) is 0. The number of nitrogens with two attached hydrogens (primary N) is 1. The minimum atomic E-state index is -0.405. The van der Waals surface area contributed by atoms with E-state index in [0.29, 0.717) is 23.5 Å². The SMILES string of the molecule is Nc1cc(F)ccc1SCC(=O)N1CCCC1=O. The van der Waals surface area contributed by atoms with Gasteiger partial charge in [0.1, 0.15) is 5.82 Å². The van der Waals surface area contributed by atoms with Crippen molar-refractivity contribution in [2.24, 2.45) is 0 Å². The van der Waals surface area contributed by atoms with E-state index in [4.69, 9.17) is 5.73 Å². The first-order valence-corrected chi connectivity index (χ1v) is 6.57. The number of hydrogen-bond donors (Lipinski definition) is 1. The van der Waals surface area contributed by atoms with E-state index in [1.165, 1.54) is 34.9 Å². The fourth-order valence-electron chi connectivity index (χ4n) is 1.78. The molecule has 0 saturated carbocycles. The predicted molar refractivity (Wildman–Crippen MR) is 67.5 cm³/mol. The van der Waals surface area contributed by atoms with Crippen LogP contribution in [0.25, 0.3) is 0 Å². The first-order valence-electron chi connectivity index (χ1n) is 5.59. The van der Waals surface area contributed by atoms with E-state index >= 15 is 0 Å². The third-order valence-corrected chi connectivity index (χ3v) is 3.77. The molecule has 1 saturated heterocycles. The van der Waals surface area contributed by atoms with Gasteiger partial charge in [-0.25, -0.2) is 4.39 Å². The first-order chi connectivity index (χ1) is 8.58. The average molecular weight is 268 g/mol. The average Bonchev–Trinajstić information content (AvgIpc) is 2.74. The largest absolute Gasteiger partial charge is 0.398 e. The minimum Gasteiger partial charge on any atom is -0.398 e. The van der Waals surface area contributed by atoms with Crippen LogP contribution in [0, 0.1) is 5.82 Å². The van der Waals surface area contributed by atoms with Crippen molar-refractivity contribution in [3.05, 3.63) is 24.0 Å². The fourth-order valence-corrected chi connectivity index (χ4v) is 2.60. The number of anilines is 1. The van der Waals surface area contributed by atoms with Crippen molar-refractivity contribution in [2.75, 3.05) is 18.0 Å². The molecular weight excluding hydrogens is 255 g/mol. The second-order valence-electron chi connectivity index (χ2n) is 4.01. The summed E-state index contributed by atoms with van der Waals surface area (Å²) >= 11 is 1.22. The molecule has 18 heavy (non-hydrogen) atoms. The van der Waals surface area contributed by atoms with E-state index < -0.39 is 5.82 Å². The molecule has 2 amide bonds. The predicted octanol–water partition coefficient (Wildman–Crippen LogP) is 1.65. The number of carbonyl (C=O) groups is 2. The van der Waals surface area contributed by atoms with Crippen LogP contribution in [0.4, 0.5) is 10.1 Å². The molecule has 0 radical (unpaired) electrons. The van der Waals surface area contributed by atoms with E-state index in [2.05, 4.69) is 0 Å². The van der Waals surface area contributed by atoms with Crippen LogP contribution < -0.4 is 5.73 Å². The Balaban J connectivity index is 1.95. The number of likely N-dealkylation sites (tertiary alicyclic amines) is 1. The summed E-state index contributed by atoms with van der Waals surface area (Å²) in [4.78, 5) is 25.1. The van der Waals surface area contributed by atoms with Gasteiger partial charge in [-0.2, -0.15) is 0 Å². The van der Waals surface area contributed by atoms with Crippen LogP contribution >= 0.6 is 11.8 Å². The van der Waals surface area contributed by atoms with Crippen molar-refractivity contribution in [2.45, 2.75) is 17.7 Å². The molecule has 1 heterocycles. The van der Waals surface area contributed by atoms with Gasteiger partial charge in [0, 0.05) is 23.5 Å². The van der Waals surface area contributed by atoms with Gasteiger partial charge in [-0.1, -0.05) is 0 Å². The van der Waals surface area contributed by atoms with E-state index in [0.717, 1.165) is 6.42 Å².